The van der Waals surface area contributed by atoms with Gasteiger partial charge in [0.1, 0.15) is 5.75 Å². The Kier molecular flexibility index (Phi) is 9.82. The number of amides is 1. The van der Waals surface area contributed by atoms with Gasteiger partial charge < -0.3 is 35.7 Å². The number of hydrogen-bond donors (Lipinski definition) is 4. The van der Waals surface area contributed by atoms with E-state index in [1.165, 1.54) is 5.56 Å². The largest absolute Gasteiger partial charge is 0.494 e. The molecule has 10 nitrogen and oxygen atoms in total. The molecule has 1 aliphatic heterocycles. The van der Waals surface area contributed by atoms with Crippen molar-refractivity contribution in [2.75, 3.05) is 29.9 Å². The van der Waals surface area contributed by atoms with Crippen LogP contribution in [0.3, 0.4) is 0 Å². The molecule has 0 saturated heterocycles. The number of amidine groups is 1. The van der Waals surface area contributed by atoms with Crippen LogP contribution in [0.5, 0.6) is 11.5 Å². The minimum Gasteiger partial charge on any atom is -0.494 e. The Hall–Kier alpha value is -4.73. The number of fused-ring (bicyclic) bond motifs is 1. The van der Waals surface area contributed by atoms with Gasteiger partial charge in [-0.1, -0.05) is 41.6 Å². The number of aryl methyl sites for hydroxylation is 1. The van der Waals surface area contributed by atoms with Gasteiger partial charge in [0.2, 0.25) is 0 Å². The summed E-state index contributed by atoms with van der Waals surface area (Å²) in [6, 6.07) is 22.6. The van der Waals surface area contributed by atoms with Crippen LogP contribution in [0, 0.1) is 0 Å². The lowest BCUT2D eigenvalue weighted by Gasteiger charge is -2.36. The molecule has 0 fully saturated rings. The average molecular weight is 547 g/mol. The number of aliphatic carboxylic acids is 1. The van der Waals surface area contributed by atoms with Crippen molar-refractivity contribution in [2.45, 2.75) is 38.2 Å². The van der Waals surface area contributed by atoms with Gasteiger partial charge in [-0.2, -0.15) is 0 Å². The Balaban J connectivity index is 1.37. The number of anilines is 2. The summed E-state index contributed by atoms with van der Waals surface area (Å²) in [6.07, 6.45) is 2.60. The summed E-state index contributed by atoms with van der Waals surface area (Å²) in [4.78, 5) is 26.0. The maximum Gasteiger partial charge on any atom is 0.303 e. The molecule has 10 heteroatoms. The summed E-state index contributed by atoms with van der Waals surface area (Å²) in [7, 11) is 0. The molecule has 1 aliphatic rings. The van der Waals surface area contributed by atoms with Gasteiger partial charge in [-0.05, 0) is 67.6 Å². The third-order valence-corrected chi connectivity index (χ3v) is 6.58. The fourth-order valence-corrected chi connectivity index (χ4v) is 4.49. The van der Waals surface area contributed by atoms with Crippen LogP contribution in [0.1, 0.15) is 41.6 Å². The molecule has 1 unspecified atom stereocenters. The van der Waals surface area contributed by atoms with E-state index in [1.54, 1.807) is 36.4 Å². The van der Waals surface area contributed by atoms with Crippen LogP contribution >= 0.6 is 0 Å². The summed E-state index contributed by atoms with van der Waals surface area (Å²) in [5.74, 6) is -0.290. The molecule has 0 aliphatic carbocycles. The van der Waals surface area contributed by atoms with Gasteiger partial charge >= 0.3 is 5.97 Å². The van der Waals surface area contributed by atoms with E-state index in [1.807, 2.05) is 29.2 Å². The Morgan fingerprint density at radius 3 is 2.52 bits per heavy atom. The van der Waals surface area contributed by atoms with Crippen molar-refractivity contribution < 1.29 is 29.4 Å². The van der Waals surface area contributed by atoms with Crippen molar-refractivity contribution in [1.82, 2.24) is 0 Å². The maximum atomic E-state index is 13.1. The molecule has 1 atom stereocenters. The molecule has 3 aromatic rings. The molecule has 0 aromatic heterocycles. The van der Waals surface area contributed by atoms with Crippen LogP contribution < -0.4 is 25.4 Å². The highest BCUT2D eigenvalue weighted by molar-refractivity contribution is 6.05. The number of para-hydroxylation sites is 1. The predicted octanol–water partition coefficient (Wildman–Crippen LogP) is 4.52. The van der Waals surface area contributed by atoms with E-state index < -0.39 is 12.1 Å². The van der Waals surface area contributed by atoms with E-state index in [2.05, 4.69) is 22.6 Å². The number of benzene rings is 3. The molecule has 5 N–H and O–H groups in total. The van der Waals surface area contributed by atoms with Crippen molar-refractivity contribution in [3.63, 3.8) is 0 Å². The first kappa shape index (κ1) is 28.3. The molecule has 0 bridgehead atoms. The monoisotopic (exact) mass is 546 g/mol. The fourth-order valence-electron chi connectivity index (χ4n) is 4.49. The number of carboxylic acids is 1. The van der Waals surface area contributed by atoms with Crippen LogP contribution in [0.4, 0.5) is 11.4 Å². The summed E-state index contributed by atoms with van der Waals surface area (Å²) in [5, 5.41) is 24.2. The van der Waals surface area contributed by atoms with Crippen molar-refractivity contribution >= 4 is 29.1 Å². The minimum atomic E-state index is -0.887. The highest BCUT2D eigenvalue weighted by atomic mass is 16.5. The van der Waals surface area contributed by atoms with Gasteiger partial charge in [0, 0.05) is 18.5 Å². The highest BCUT2D eigenvalue weighted by Gasteiger charge is 2.30. The Morgan fingerprint density at radius 1 is 1.02 bits per heavy atom. The molecule has 0 radical (unpaired) electrons. The van der Waals surface area contributed by atoms with Crippen molar-refractivity contribution in [2.24, 2.45) is 10.9 Å². The van der Waals surface area contributed by atoms with Crippen LogP contribution in [0.15, 0.2) is 78.0 Å². The molecule has 3 aromatic carbocycles. The maximum absolute atomic E-state index is 13.1. The molecule has 40 heavy (non-hydrogen) atoms. The normalized spacial score (nSPS) is 14.7. The number of unbranched alkanes of at least 4 members (excludes halogenated alkanes) is 1. The molecule has 1 heterocycles. The Morgan fingerprint density at radius 2 is 1.80 bits per heavy atom. The van der Waals surface area contributed by atoms with Crippen molar-refractivity contribution in [3.8, 4) is 11.5 Å². The number of nitrogens with one attached hydrogen (secondary N) is 1. The molecule has 4 rings (SSSR count). The summed E-state index contributed by atoms with van der Waals surface area (Å²) >= 11 is 0. The summed E-state index contributed by atoms with van der Waals surface area (Å²) < 4.78 is 11.9. The zero-order valence-corrected chi connectivity index (χ0v) is 22.2. The van der Waals surface area contributed by atoms with Gasteiger partial charge in [-0.15, -0.1) is 0 Å². The molecule has 0 saturated carbocycles. The highest BCUT2D eigenvalue weighted by Crippen LogP contribution is 2.40. The lowest BCUT2D eigenvalue weighted by Crippen LogP contribution is -2.48. The molecule has 1 amide bonds. The number of nitrogens with two attached hydrogens (primary N) is 1. The van der Waals surface area contributed by atoms with E-state index in [4.69, 9.17) is 20.3 Å². The van der Waals surface area contributed by atoms with Crippen LogP contribution in [-0.4, -0.2) is 53.8 Å². The molecule has 0 spiro atoms. The molecule has 210 valence electrons. The first-order chi connectivity index (χ1) is 19.4. The van der Waals surface area contributed by atoms with Crippen LogP contribution in [-0.2, 0) is 11.2 Å². The zero-order valence-electron chi connectivity index (χ0n) is 22.2. The number of carbonyl (C=O) groups excluding carboxylic acids is 1. The van der Waals surface area contributed by atoms with Crippen LogP contribution in [0.25, 0.3) is 0 Å². The van der Waals surface area contributed by atoms with Gasteiger partial charge in [-0.25, -0.2) is 0 Å². The SMILES string of the molecule is N/C(=N\O)C1CN(CCCC(=O)O)c2cccc(NC(=O)c3ccc(OCCCCc4ccccc4)cc3)c2O1. The van der Waals surface area contributed by atoms with Gasteiger partial charge in [0.05, 0.1) is 24.5 Å². The quantitative estimate of drug-likeness (QED) is 0.0805. The Bertz CT molecular complexity index is 1310. The number of ether oxygens (including phenoxy) is 2. The summed E-state index contributed by atoms with van der Waals surface area (Å²) in [6.45, 7) is 1.28. The van der Waals surface area contributed by atoms with E-state index >= 15 is 0 Å². The second kappa shape index (κ2) is 13.9. The van der Waals surface area contributed by atoms with E-state index in [0.717, 1.165) is 19.3 Å². The number of hydrogen-bond acceptors (Lipinski definition) is 7. The number of oxime groups is 1. The smallest absolute Gasteiger partial charge is 0.303 e. The van der Waals surface area contributed by atoms with E-state index in [9.17, 15) is 14.8 Å². The lowest BCUT2D eigenvalue weighted by molar-refractivity contribution is -0.137. The van der Waals surface area contributed by atoms with Gasteiger partial charge in [-0.3, -0.25) is 9.59 Å². The average Bonchev–Trinajstić information content (AvgIpc) is 2.97. The standard InChI is InChI=1S/C30H34N4O6/c31-29(33-38)26-20-34(18-7-13-27(35)36)25-12-6-11-24(28(25)40-26)32-30(37)22-14-16-23(17-15-22)39-19-5-4-10-21-8-2-1-3-9-21/h1-3,6,8-9,11-12,14-17,26,38H,4-5,7,10,13,18-20H2,(H2,31,33)(H,32,37)(H,35,36). The second-order valence-electron chi connectivity index (χ2n) is 9.50. The number of carboxylic acid groups (broad SMARTS) is 1. The second-order valence-corrected chi connectivity index (χ2v) is 9.50. The van der Waals surface area contributed by atoms with Gasteiger partial charge in [0.25, 0.3) is 5.91 Å². The predicted molar refractivity (Wildman–Crippen MR) is 153 cm³/mol. The van der Waals surface area contributed by atoms with E-state index in [0.29, 0.717) is 48.0 Å². The van der Waals surface area contributed by atoms with Gasteiger partial charge in [0.15, 0.2) is 17.7 Å². The Labute approximate surface area is 233 Å². The fraction of sp³-hybridized carbons (Fsp3) is 0.300. The molecular formula is C30H34N4O6. The number of carbonyl (C=O) groups is 2. The first-order valence-electron chi connectivity index (χ1n) is 13.3. The topological polar surface area (TPSA) is 147 Å². The first-order valence-corrected chi connectivity index (χ1v) is 13.3. The number of nitrogens with zero attached hydrogens (tertiary/aromatic N) is 2. The third kappa shape index (κ3) is 7.66. The molecular weight excluding hydrogens is 512 g/mol. The van der Waals surface area contributed by atoms with Crippen molar-refractivity contribution in [3.05, 3.63) is 83.9 Å². The van der Waals surface area contributed by atoms with Crippen LogP contribution in [0.2, 0.25) is 0 Å². The minimum absolute atomic E-state index is 0.00471. The van der Waals surface area contributed by atoms with E-state index in [-0.39, 0.29) is 24.7 Å². The van der Waals surface area contributed by atoms with Crippen molar-refractivity contribution in [1.29, 1.82) is 0 Å². The lowest BCUT2D eigenvalue weighted by atomic mass is 10.1. The third-order valence-electron chi connectivity index (χ3n) is 6.58. The number of rotatable bonds is 13. The summed E-state index contributed by atoms with van der Waals surface area (Å²) in [5.41, 5.74) is 8.69. The zero-order chi connectivity index (χ0) is 28.3.